The van der Waals surface area contributed by atoms with Gasteiger partial charge in [0, 0.05) is 12.1 Å². The number of nitrogens with zero attached hydrogens (tertiary/aromatic N) is 2. The minimum atomic E-state index is 0.685. The van der Waals surface area contributed by atoms with Crippen molar-refractivity contribution in [2.45, 2.75) is 58.0 Å². The van der Waals surface area contributed by atoms with Gasteiger partial charge in [0.05, 0.1) is 0 Å². The maximum absolute atomic E-state index is 2.36. The van der Waals surface area contributed by atoms with E-state index < -0.39 is 0 Å². The fraction of sp³-hybridized carbons (Fsp3) is 1.00. The lowest BCUT2D eigenvalue weighted by molar-refractivity contribution is 0.229. The molecule has 1 saturated carbocycles. The lowest BCUT2D eigenvalue weighted by Crippen LogP contribution is -2.29. The molecule has 0 aromatic rings. The summed E-state index contributed by atoms with van der Waals surface area (Å²) in [5.74, 6) is 0. The van der Waals surface area contributed by atoms with Gasteiger partial charge in [-0.1, -0.05) is 19.3 Å². The Morgan fingerprint density at radius 2 is 1.27 bits per heavy atom. The summed E-state index contributed by atoms with van der Waals surface area (Å²) in [7, 11) is 8.53. The van der Waals surface area contributed by atoms with Gasteiger partial charge in [-0.3, -0.25) is 0 Å². The summed E-state index contributed by atoms with van der Waals surface area (Å²) in [5.41, 5.74) is 0. The van der Waals surface area contributed by atoms with Crippen molar-refractivity contribution in [1.82, 2.24) is 9.80 Å². The molecule has 15 heavy (non-hydrogen) atoms. The molecule has 0 aromatic carbocycles. The Balaban J connectivity index is 0.000000288. The first-order valence-electron chi connectivity index (χ1n) is 6.28. The molecule has 0 bridgehead atoms. The molecule has 0 spiro atoms. The van der Waals surface area contributed by atoms with Crippen LogP contribution < -0.4 is 0 Å². The number of hydrogen-bond acceptors (Lipinski definition) is 2. The molecule has 0 heterocycles. The maximum Gasteiger partial charge on any atom is 0.00891 e. The quantitative estimate of drug-likeness (QED) is 0.697. The first-order chi connectivity index (χ1) is 6.95. The van der Waals surface area contributed by atoms with E-state index in [1.54, 1.807) is 0 Å². The van der Waals surface area contributed by atoms with Crippen LogP contribution in [0.2, 0.25) is 0 Å². The van der Waals surface area contributed by atoms with Gasteiger partial charge in [0.15, 0.2) is 0 Å². The second-order valence-corrected chi connectivity index (χ2v) is 5.31. The van der Waals surface area contributed by atoms with E-state index in [1.807, 2.05) is 0 Å². The van der Waals surface area contributed by atoms with Gasteiger partial charge in [0.1, 0.15) is 0 Å². The molecular weight excluding hydrogens is 184 g/mol. The summed E-state index contributed by atoms with van der Waals surface area (Å²) in [6.45, 7) is 4.33. The molecule has 1 aliphatic carbocycles. The molecule has 0 N–H and O–H groups in total. The fourth-order valence-corrected chi connectivity index (χ4v) is 1.60. The van der Waals surface area contributed by atoms with Crippen molar-refractivity contribution in [2.75, 3.05) is 28.2 Å². The smallest absolute Gasteiger partial charge is 0.00891 e. The third-order valence-electron chi connectivity index (χ3n) is 3.34. The highest BCUT2D eigenvalue weighted by molar-refractivity contribution is 4.70. The molecule has 0 aromatic heterocycles. The first kappa shape index (κ1) is 14.9. The van der Waals surface area contributed by atoms with E-state index in [-0.39, 0.29) is 0 Å². The summed E-state index contributed by atoms with van der Waals surface area (Å²) >= 11 is 0. The third kappa shape index (κ3) is 7.80. The predicted octanol–water partition coefficient (Wildman–Crippen LogP) is 2.84. The van der Waals surface area contributed by atoms with Gasteiger partial charge in [0.2, 0.25) is 0 Å². The Hall–Kier alpha value is -0.0800. The fourth-order valence-electron chi connectivity index (χ4n) is 1.60. The minimum Gasteiger partial charge on any atom is -0.307 e. The Labute approximate surface area is 96.6 Å². The van der Waals surface area contributed by atoms with Crippen LogP contribution in [0.5, 0.6) is 0 Å². The molecule has 2 heteroatoms. The van der Waals surface area contributed by atoms with Gasteiger partial charge >= 0.3 is 0 Å². The van der Waals surface area contributed by atoms with E-state index in [1.165, 1.54) is 32.1 Å². The first-order valence-corrected chi connectivity index (χ1v) is 6.28. The highest BCUT2D eigenvalue weighted by atomic mass is 15.1. The highest BCUT2D eigenvalue weighted by Gasteiger charge is 2.13. The van der Waals surface area contributed by atoms with Crippen LogP contribution >= 0.6 is 0 Å². The molecule has 1 fully saturated rings. The van der Waals surface area contributed by atoms with Crippen LogP contribution in [-0.2, 0) is 0 Å². The predicted molar refractivity (Wildman–Crippen MR) is 69.4 cm³/mol. The van der Waals surface area contributed by atoms with Gasteiger partial charge in [-0.15, -0.1) is 0 Å². The molecule has 0 unspecified atom stereocenters. The van der Waals surface area contributed by atoms with E-state index in [2.05, 4.69) is 51.8 Å². The summed E-state index contributed by atoms with van der Waals surface area (Å²) < 4.78 is 0. The van der Waals surface area contributed by atoms with Crippen molar-refractivity contribution in [3.8, 4) is 0 Å². The maximum atomic E-state index is 2.36. The van der Waals surface area contributed by atoms with Gasteiger partial charge in [-0.05, 0) is 54.9 Å². The molecule has 0 radical (unpaired) electrons. The van der Waals surface area contributed by atoms with E-state index in [0.717, 1.165) is 6.04 Å². The Kier molecular flexibility index (Phi) is 8.07. The molecule has 1 rings (SSSR count). The van der Waals surface area contributed by atoms with Crippen LogP contribution in [0.3, 0.4) is 0 Å². The van der Waals surface area contributed by atoms with Crippen LogP contribution in [-0.4, -0.2) is 50.1 Å². The summed E-state index contributed by atoms with van der Waals surface area (Å²) in [5, 5.41) is 0. The lowest BCUT2D eigenvalue weighted by atomic mass is 9.95. The highest BCUT2D eigenvalue weighted by Crippen LogP contribution is 2.20. The third-order valence-corrected chi connectivity index (χ3v) is 3.34. The second kappa shape index (κ2) is 8.12. The van der Waals surface area contributed by atoms with Crippen LogP contribution in [0.15, 0.2) is 0 Å². The van der Waals surface area contributed by atoms with Crippen LogP contribution in [0.4, 0.5) is 0 Å². The van der Waals surface area contributed by atoms with E-state index in [4.69, 9.17) is 0 Å². The van der Waals surface area contributed by atoms with Crippen molar-refractivity contribution in [2.24, 2.45) is 0 Å². The average Bonchev–Trinajstić information content (AvgIpc) is 2.20. The molecule has 2 nitrogen and oxygen atoms in total. The molecular formula is C13H30N2. The molecule has 0 aliphatic heterocycles. The Morgan fingerprint density at radius 3 is 1.47 bits per heavy atom. The topological polar surface area (TPSA) is 6.48 Å². The van der Waals surface area contributed by atoms with Crippen molar-refractivity contribution >= 4 is 0 Å². The normalized spacial score (nSPS) is 18.2. The summed E-state index contributed by atoms with van der Waals surface area (Å²) in [6.07, 6.45) is 7.20. The van der Waals surface area contributed by atoms with Gasteiger partial charge in [-0.2, -0.15) is 0 Å². The van der Waals surface area contributed by atoms with Crippen LogP contribution in [0.25, 0.3) is 0 Å². The van der Waals surface area contributed by atoms with E-state index in [9.17, 15) is 0 Å². The lowest BCUT2D eigenvalue weighted by Gasteiger charge is -2.27. The average molecular weight is 214 g/mol. The van der Waals surface area contributed by atoms with Crippen molar-refractivity contribution in [1.29, 1.82) is 0 Å². The Bertz CT molecular complexity index is 129. The van der Waals surface area contributed by atoms with Gasteiger partial charge < -0.3 is 9.80 Å². The van der Waals surface area contributed by atoms with Crippen molar-refractivity contribution in [3.63, 3.8) is 0 Å². The largest absolute Gasteiger partial charge is 0.307 e. The summed E-state index contributed by atoms with van der Waals surface area (Å²) in [4.78, 5) is 4.53. The zero-order valence-electron chi connectivity index (χ0n) is 11.6. The van der Waals surface area contributed by atoms with Crippen LogP contribution in [0.1, 0.15) is 46.0 Å². The number of hydrogen-bond donors (Lipinski definition) is 0. The zero-order valence-corrected chi connectivity index (χ0v) is 11.6. The molecule has 0 saturated heterocycles. The molecule has 0 amide bonds. The molecule has 1 aliphatic rings. The van der Waals surface area contributed by atoms with E-state index >= 15 is 0 Å². The van der Waals surface area contributed by atoms with Gasteiger partial charge in [-0.25, -0.2) is 0 Å². The van der Waals surface area contributed by atoms with E-state index in [0.29, 0.717) is 6.04 Å². The number of rotatable bonds is 2. The zero-order chi connectivity index (χ0) is 11.8. The summed E-state index contributed by atoms with van der Waals surface area (Å²) in [6, 6.07) is 1.57. The van der Waals surface area contributed by atoms with Crippen molar-refractivity contribution in [3.05, 3.63) is 0 Å². The standard InChI is InChI=1S/C8H17N.C5H13N/c1-9(2)8-6-4-3-5-7-8;1-5(2)6(3)4/h8H,3-7H2,1-2H3;5H,1-4H3. The van der Waals surface area contributed by atoms with Crippen LogP contribution in [0, 0.1) is 0 Å². The monoisotopic (exact) mass is 214 g/mol. The second-order valence-electron chi connectivity index (χ2n) is 5.31. The molecule has 0 atom stereocenters. The molecule has 92 valence electrons. The Morgan fingerprint density at radius 1 is 0.867 bits per heavy atom. The van der Waals surface area contributed by atoms with Gasteiger partial charge in [0.25, 0.3) is 0 Å². The van der Waals surface area contributed by atoms with Crippen molar-refractivity contribution < 1.29 is 0 Å². The minimum absolute atomic E-state index is 0.685. The SMILES string of the molecule is CC(C)N(C)C.CN(C)C1CCCCC1.